The van der Waals surface area contributed by atoms with Gasteiger partial charge in [0, 0.05) is 23.7 Å². The Morgan fingerprint density at radius 3 is 2.00 bits per heavy atom. The molecule has 1 amide bonds. The first-order valence-electron chi connectivity index (χ1n) is 17.5. The first kappa shape index (κ1) is 35.5. The minimum absolute atomic E-state index is 0.0346. The minimum Gasteiger partial charge on any atom is -0.435 e. The lowest BCUT2D eigenvalue weighted by Gasteiger charge is -2.38. The standard InChI is InChI=1S/C42H40F2N6O3/c1-27(51)22-23-50-35-21-20-31(53-40(43)44)24-32(35)36(48-50)34-25-45-38-37(46-34)33(39(52)47-41(2,3)4)26-49(38)42(28-14-8-5-9-15-28,29-16-10-6-11-17-29)30-18-12-7-13-19-30/h5-21,24-27,40,51H,22-23H2,1-4H3,(H,47,52). The maximum atomic E-state index is 14.3. The zero-order valence-electron chi connectivity index (χ0n) is 29.9. The number of ether oxygens (including phenoxy) is 1. The van der Waals surface area contributed by atoms with Crippen LogP contribution in [0, 0.1) is 0 Å². The molecule has 0 radical (unpaired) electrons. The smallest absolute Gasteiger partial charge is 0.387 e. The summed E-state index contributed by atoms with van der Waals surface area (Å²) in [7, 11) is 0. The van der Waals surface area contributed by atoms with Gasteiger partial charge in [-0.25, -0.2) is 9.97 Å². The van der Waals surface area contributed by atoms with Crippen molar-refractivity contribution in [3.63, 3.8) is 0 Å². The third-order valence-corrected chi connectivity index (χ3v) is 9.11. The molecule has 0 aliphatic carbocycles. The van der Waals surface area contributed by atoms with Gasteiger partial charge in [-0.3, -0.25) is 9.48 Å². The second-order valence-electron chi connectivity index (χ2n) is 14.1. The van der Waals surface area contributed by atoms with Crippen molar-refractivity contribution in [3.05, 3.63) is 144 Å². The number of alkyl halides is 2. The number of hydrogen-bond acceptors (Lipinski definition) is 6. The fourth-order valence-corrected chi connectivity index (χ4v) is 6.89. The summed E-state index contributed by atoms with van der Waals surface area (Å²) in [6.45, 7) is 4.77. The molecule has 11 heteroatoms. The van der Waals surface area contributed by atoms with E-state index in [2.05, 4.69) is 41.7 Å². The highest BCUT2D eigenvalue weighted by molar-refractivity contribution is 6.06. The molecule has 0 aliphatic heterocycles. The van der Waals surface area contributed by atoms with E-state index in [4.69, 9.17) is 19.8 Å². The Labute approximate surface area is 305 Å². The molecule has 0 saturated carbocycles. The maximum absolute atomic E-state index is 14.3. The normalized spacial score (nSPS) is 12.8. The van der Waals surface area contributed by atoms with Crippen LogP contribution in [0.15, 0.2) is 122 Å². The number of aliphatic hydroxyl groups is 1. The molecule has 0 aliphatic rings. The van der Waals surface area contributed by atoms with Gasteiger partial charge in [-0.2, -0.15) is 13.9 Å². The predicted molar refractivity (Wildman–Crippen MR) is 201 cm³/mol. The first-order chi connectivity index (χ1) is 25.5. The van der Waals surface area contributed by atoms with Crippen molar-refractivity contribution < 1.29 is 23.4 Å². The Morgan fingerprint density at radius 2 is 1.47 bits per heavy atom. The summed E-state index contributed by atoms with van der Waals surface area (Å²) < 4.78 is 35.1. The molecule has 1 unspecified atom stereocenters. The Bertz CT molecular complexity index is 2270. The molecule has 0 spiro atoms. The zero-order valence-corrected chi connectivity index (χ0v) is 29.9. The fourth-order valence-electron chi connectivity index (χ4n) is 6.89. The summed E-state index contributed by atoms with van der Waals surface area (Å²) >= 11 is 0. The van der Waals surface area contributed by atoms with Crippen LogP contribution in [0.25, 0.3) is 33.5 Å². The quantitative estimate of drug-likeness (QED) is 0.131. The molecule has 0 fully saturated rings. The van der Waals surface area contributed by atoms with Crippen molar-refractivity contribution in [1.82, 2.24) is 29.6 Å². The first-order valence-corrected chi connectivity index (χ1v) is 17.5. The molecule has 2 N–H and O–H groups in total. The number of benzene rings is 4. The van der Waals surface area contributed by atoms with Crippen molar-refractivity contribution in [1.29, 1.82) is 0 Å². The number of halogens is 2. The molecular weight excluding hydrogens is 674 g/mol. The van der Waals surface area contributed by atoms with Gasteiger partial charge >= 0.3 is 6.61 Å². The Hall–Kier alpha value is -5.94. The van der Waals surface area contributed by atoms with Crippen molar-refractivity contribution in [3.8, 4) is 17.1 Å². The van der Waals surface area contributed by atoms with Gasteiger partial charge in [-0.15, -0.1) is 0 Å². The van der Waals surface area contributed by atoms with E-state index in [9.17, 15) is 18.7 Å². The molecule has 0 saturated heterocycles. The summed E-state index contributed by atoms with van der Waals surface area (Å²) in [4.78, 5) is 24.4. The van der Waals surface area contributed by atoms with Crippen LogP contribution in [0.1, 0.15) is 61.2 Å². The van der Waals surface area contributed by atoms with E-state index in [1.54, 1.807) is 23.9 Å². The molecule has 7 rings (SSSR count). The number of carbonyl (C=O) groups excluding carboxylic acids is 1. The van der Waals surface area contributed by atoms with Gasteiger partial charge in [-0.1, -0.05) is 91.0 Å². The molecule has 0 bridgehead atoms. The average molecular weight is 715 g/mol. The van der Waals surface area contributed by atoms with Crippen LogP contribution in [-0.2, 0) is 12.1 Å². The Kier molecular flexibility index (Phi) is 9.52. The van der Waals surface area contributed by atoms with Gasteiger partial charge in [0.15, 0.2) is 5.65 Å². The number of rotatable bonds is 11. The van der Waals surface area contributed by atoms with Gasteiger partial charge in [0.05, 0.1) is 23.4 Å². The van der Waals surface area contributed by atoms with Crippen LogP contribution in [0.4, 0.5) is 8.78 Å². The monoisotopic (exact) mass is 714 g/mol. The summed E-state index contributed by atoms with van der Waals surface area (Å²) in [5, 5.41) is 18.5. The summed E-state index contributed by atoms with van der Waals surface area (Å²) in [6.07, 6.45) is 3.24. The third kappa shape index (κ3) is 6.87. The second kappa shape index (κ2) is 14.2. The van der Waals surface area contributed by atoms with Gasteiger partial charge in [-0.05, 0) is 69.0 Å². The predicted octanol–water partition coefficient (Wildman–Crippen LogP) is 8.19. The lowest BCUT2D eigenvalue weighted by Crippen LogP contribution is -2.40. The SMILES string of the molecule is CC(O)CCn1nc(-c2cnc3c(n2)c(C(=O)NC(C)(C)C)cn3C(c2ccccc2)(c2ccccc2)c2ccccc2)c2cc(OC(F)F)ccc21. The average Bonchev–Trinajstić information content (AvgIpc) is 3.70. The molecule has 9 nitrogen and oxygen atoms in total. The minimum atomic E-state index is -3.01. The number of aryl methyl sites for hydroxylation is 1. The second-order valence-corrected chi connectivity index (χ2v) is 14.1. The lowest BCUT2D eigenvalue weighted by molar-refractivity contribution is -0.0497. The maximum Gasteiger partial charge on any atom is 0.387 e. The molecular formula is C42H40F2N6O3. The summed E-state index contributed by atoms with van der Waals surface area (Å²) in [5.41, 5.74) is 3.70. The largest absolute Gasteiger partial charge is 0.435 e. The van der Waals surface area contributed by atoms with E-state index in [0.29, 0.717) is 52.0 Å². The zero-order chi connectivity index (χ0) is 37.3. The van der Waals surface area contributed by atoms with Gasteiger partial charge in [0.1, 0.15) is 28.2 Å². The van der Waals surface area contributed by atoms with E-state index < -0.39 is 23.8 Å². The molecule has 7 aromatic rings. The molecule has 3 heterocycles. The van der Waals surface area contributed by atoms with Crippen molar-refractivity contribution in [2.24, 2.45) is 0 Å². The van der Waals surface area contributed by atoms with Crippen molar-refractivity contribution in [2.45, 2.75) is 64.5 Å². The van der Waals surface area contributed by atoms with Crippen molar-refractivity contribution >= 4 is 28.0 Å². The highest BCUT2D eigenvalue weighted by Gasteiger charge is 2.41. The van der Waals surface area contributed by atoms with Gasteiger partial charge < -0.3 is 19.7 Å². The summed E-state index contributed by atoms with van der Waals surface area (Å²) in [5.74, 6) is -0.372. The number of nitrogens with zero attached hydrogens (tertiary/aromatic N) is 5. The van der Waals surface area contributed by atoms with Crippen LogP contribution < -0.4 is 10.1 Å². The number of aromatic nitrogens is 5. The highest BCUT2D eigenvalue weighted by Crippen LogP contribution is 2.43. The number of aliphatic hydroxyl groups excluding tert-OH is 1. The number of amides is 1. The van der Waals surface area contributed by atoms with E-state index in [1.807, 2.05) is 86.1 Å². The van der Waals surface area contributed by atoms with Crippen LogP contribution in [0.2, 0.25) is 0 Å². The molecule has 270 valence electrons. The van der Waals surface area contributed by atoms with Crippen LogP contribution in [0.5, 0.6) is 5.75 Å². The molecule has 4 aromatic carbocycles. The van der Waals surface area contributed by atoms with Crippen molar-refractivity contribution in [2.75, 3.05) is 0 Å². The lowest BCUT2D eigenvalue weighted by atomic mass is 9.76. The van der Waals surface area contributed by atoms with E-state index in [-0.39, 0.29) is 11.7 Å². The third-order valence-electron chi connectivity index (χ3n) is 9.11. The van der Waals surface area contributed by atoms with E-state index in [1.165, 1.54) is 12.1 Å². The van der Waals surface area contributed by atoms with Crippen LogP contribution in [0.3, 0.4) is 0 Å². The Balaban J connectivity index is 1.54. The summed E-state index contributed by atoms with van der Waals surface area (Å²) in [6, 6.07) is 34.8. The number of fused-ring (bicyclic) bond motifs is 2. The molecule has 53 heavy (non-hydrogen) atoms. The van der Waals surface area contributed by atoms with Crippen LogP contribution in [-0.4, -0.2) is 53.6 Å². The van der Waals surface area contributed by atoms with Gasteiger partial charge in [0.2, 0.25) is 0 Å². The van der Waals surface area contributed by atoms with Gasteiger partial charge in [0.25, 0.3) is 5.91 Å². The van der Waals surface area contributed by atoms with E-state index >= 15 is 0 Å². The molecule has 3 aromatic heterocycles. The highest BCUT2D eigenvalue weighted by atomic mass is 19.3. The van der Waals surface area contributed by atoms with Crippen LogP contribution >= 0.6 is 0 Å². The Morgan fingerprint density at radius 1 is 0.887 bits per heavy atom. The fraction of sp³-hybridized carbons (Fsp3) is 0.238. The number of hydrogen-bond donors (Lipinski definition) is 2. The van der Waals surface area contributed by atoms with E-state index in [0.717, 1.165) is 16.7 Å². The molecule has 1 atom stereocenters. The topological polar surface area (TPSA) is 107 Å². The number of nitrogens with one attached hydrogen (secondary N) is 1. The number of carbonyl (C=O) groups is 1.